The van der Waals surface area contributed by atoms with Crippen LogP contribution in [0.15, 0.2) is 23.8 Å². The lowest BCUT2D eigenvalue weighted by atomic mass is 10.0. The van der Waals surface area contributed by atoms with Crippen LogP contribution >= 0.6 is 0 Å². The van der Waals surface area contributed by atoms with Crippen LogP contribution in [0.2, 0.25) is 0 Å². The van der Waals surface area contributed by atoms with E-state index in [9.17, 15) is 4.79 Å². The molecule has 0 N–H and O–H groups in total. The lowest BCUT2D eigenvalue weighted by Gasteiger charge is -2.26. The number of benzene rings is 1. The number of hydrogen-bond acceptors (Lipinski definition) is 4. The fourth-order valence-corrected chi connectivity index (χ4v) is 2.58. The summed E-state index contributed by atoms with van der Waals surface area (Å²) < 4.78 is 11.2. The van der Waals surface area contributed by atoms with Gasteiger partial charge in [-0.3, -0.25) is 9.69 Å². The van der Waals surface area contributed by atoms with E-state index in [0.717, 1.165) is 42.3 Å². The number of ketones is 1. The highest BCUT2D eigenvalue weighted by molar-refractivity contribution is 6.00. The zero-order chi connectivity index (χ0) is 15.9. The molecular formula is C18H25NO3. The van der Waals surface area contributed by atoms with Crippen molar-refractivity contribution in [3.05, 3.63) is 29.3 Å². The molecule has 1 aromatic rings. The lowest BCUT2D eigenvalue weighted by Crippen LogP contribution is -2.35. The summed E-state index contributed by atoms with van der Waals surface area (Å²) in [6, 6.07) is 5.82. The van der Waals surface area contributed by atoms with Crippen molar-refractivity contribution in [1.82, 2.24) is 4.90 Å². The van der Waals surface area contributed by atoms with Gasteiger partial charge in [-0.1, -0.05) is 13.0 Å². The molecule has 0 unspecified atom stereocenters. The molecule has 0 bridgehead atoms. The van der Waals surface area contributed by atoms with Crippen LogP contribution < -0.4 is 9.47 Å². The maximum atomic E-state index is 12.1. The van der Waals surface area contributed by atoms with Crippen molar-refractivity contribution < 1.29 is 14.3 Å². The number of piperidine rings is 1. The van der Waals surface area contributed by atoms with Gasteiger partial charge < -0.3 is 9.47 Å². The fourth-order valence-electron chi connectivity index (χ4n) is 2.58. The van der Waals surface area contributed by atoms with E-state index in [1.54, 1.807) is 0 Å². The van der Waals surface area contributed by atoms with Gasteiger partial charge in [-0.15, -0.1) is 0 Å². The van der Waals surface area contributed by atoms with Crippen molar-refractivity contribution in [3.63, 3.8) is 0 Å². The highest BCUT2D eigenvalue weighted by Crippen LogP contribution is 2.29. The first kappa shape index (κ1) is 16.6. The Labute approximate surface area is 132 Å². The van der Waals surface area contributed by atoms with Crippen LogP contribution in [0.25, 0.3) is 6.08 Å². The topological polar surface area (TPSA) is 38.8 Å². The second kappa shape index (κ2) is 7.99. The van der Waals surface area contributed by atoms with Crippen LogP contribution in [-0.2, 0) is 4.79 Å². The highest BCUT2D eigenvalue weighted by Gasteiger charge is 2.20. The van der Waals surface area contributed by atoms with E-state index in [1.807, 2.05) is 38.1 Å². The zero-order valence-corrected chi connectivity index (χ0v) is 13.7. The van der Waals surface area contributed by atoms with Crippen LogP contribution in [0.5, 0.6) is 11.5 Å². The first-order valence-electron chi connectivity index (χ1n) is 8.03. The number of hydrogen-bond donors (Lipinski definition) is 0. The molecule has 0 radical (unpaired) electrons. The van der Waals surface area contributed by atoms with Crippen molar-refractivity contribution in [2.24, 2.45) is 0 Å². The Morgan fingerprint density at radius 1 is 1.14 bits per heavy atom. The second-order valence-corrected chi connectivity index (χ2v) is 5.28. The lowest BCUT2D eigenvalue weighted by molar-refractivity contribution is -0.117. The summed E-state index contributed by atoms with van der Waals surface area (Å²) in [7, 11) is 0. The predicted octanol–water partition coefficient (Wildman–Crippen LogP) is 3.16. The smallest absolute Gasteiger partial charge is 0.161 e. The van der Waals surface area contributed by atoms with Crippen molar-refractivity contribution >= 4 is 11.9 Å². The molecule has 0 aliphatic carbocycles. The summed E-state index contributed by atoms with van der Waals surface area (Å²) in [5, 5.41) is 0. The van der Waals surface area contributed by atoms with Crippen LogP contribution in [-0.4, -0.2) is 43.5 Å². The molecule has 0 spiro atoms. The Morgan fingerprint density at radius 3 is 2.55 bits per heavy atom. The number of carbonyl (C=O) groups is 1. The van der Waals surface area contributed by atoms with Gasteiger partial charge in [0, 0.05) is 25.1 Å². The normalized spacial score (nSPS) is 17.8. The van der Waals surface area contributed by atoms with Crippen molar-refractivity contribution in [2.45, 2.75) is 27.2 Å². The summed E-state index contributed by atoms with van der Waals surface area (Å²) in [6.45, 7) is 9.77. The third-order valence-electron chi connectivity index (χ3n) is 3.76. The van der Waals surface area contributed by atoms with Gasteiger partial charge in [-0.2, -0.15) is 0 Å². The minimum absolute atomic E-state index is 0.247. The molecule has 1 aromatic carbocycles. The Hall–Kier alpha value is -1.81. The van der Waals surface area contributed by atoms with Crippen molar-refractivity contribution in [3.8, 4) is 11.5 Å². The summed E-state index contributed by atoms with van der Waals surface area (Å²) >= 11 is 0. The van der Waals surface area contributed by atoms with E-state index in [0.29, 0.717) is 19.6 Å². The van der Waals surface area contributed by atoms with Gasteiger partial charge in [-0.25, -0.2) is 0 Å². The Kier molecular flexibility index (Phi) is 6.01. The molecule has 4 heteroatoms. The van der Waals surface area contributed by atoms with Gasteiger partial charge in [0.2, 0.25) is 0 Å². The van der Waals surface area contributed by atoms with E-state index < -0.39 is 0 Å². The number of nitrogens with zero attached hydrogens (tertiary/aromatic N) is 1. The van der Waals surface area contributed by atoms with Gasteiger partial charge in [0.05, 0.1) is 13.2 Å². The Morgan fingerprint density at radius 2 is 1.86 bits per heavy atom. The molecule has 1 heterocycles. The molecule has 1 fully saturated rings. The summed E-state index contributed by atoms with van der Waals surface area (Å²) in [5.74, 6) is 1.72. The molecule has 1 aliphatic rings. The molecule has 1 saturated heterocycles. The fraction of sp³-hybridized carbons (Fsp3) is 0.500. The quantitative estimate of drug-likeness (QED) is 0.757. The molecule has 0 aromatic heterocycles. The maximum absolute atomic E-state index is 12.1. The van der Waals surface area contributed by atoms with E-state index in [2.05, 4.69) is 11.8 Å². The average molecular weight is 303 g/mol. The van der Waals surface area contributed by atoms with Crippen LogP contribution in [0.3, 0.4) is 0 Å². The molecule has 0 saturated carbocycles. The van der Waals surface area contributed by atoms with E-state index >= 15 is 0 Å². The number of rotatable bonds is 6. The number of ether oxygens (including phenoxy) is 2. The van der Waals surface area contributed by atoms with Crippen LogP contribution in [0.4, 0.5) is 0 Å². The first-order chi connectivity index (χ1) is 10.7. The summed E-state index contributed by atoms with van der Waals surface area (Å²) in [4.78, 5) is 14.4. The SMILES string of the molecule is CCOc1ccc(/C=C2\CN(CC)CCC2=O)cc1OCC. The van der Waals surface area contributed by atoms with Crippen molar-refractivity contribution in [1.29, 1.82) is 0 Å². The number of carbonyl (C=O) groups excluding carboxylic acids is 1. The highest BCUT2D eigenvalue weighted by atomic mass is 16.5. The third kappa shape index (κ3) is 4.10. The van der Waals surface area contributed by atoms with E-state index in [1.165, 1.54) is 0 Å². The molecule has 2 rings (SSSR count). The monoisotopic (exact) mass is 303 g/mol. The molecule has 22 heavy (non-hydrogen) atoms. The summed E-state index contributed by atoms with van der Waals surface area (Å²) in [5.41, 5.74) is 1.85. The van der Waals surface area contributed by atoms with Gasteiger partial charge in [0.25, 0.3) is 0 Å². The van der Waals surface area contributed by atoms with E-state index in [4.69, 9.17) is 9.47 Å². The summed E-state index contributed by atoms with van der Waals surface area (Å²) in [6.07, 6.45) is 2.58. The average Bonchev–Trinajstić information content (AvgIpc) is 2.52. The van der Waals surface area contributed by atoms with Gasteiger partial charge in [-0.05, 0) is 44.2 Å². The zero-order valence-electron chi connectivity index (χ0n) is 13.7. The Balaban J connectivity index is 2.25. The Bertz CT molecular complexity index is 551. The first-order valence-corrected chi connectivity index (χ1v) is 8.03. The maximum Gasteiger partial charge on any atom is 0.161 e. The largest absolute Gasteiger partial charge is 0.490 e. The molecular weight excluding hydrogens is 278 g/mol. The molecule has 120 valence electrons. The minimum Gasteiger partial charge on any atom is -0.490 e. The van der Waals surface area contributed by atoms with Crippen LogP contribution in [0, 0.1) is 0 Å². The molecule has 1 aliphatic heterocycles. The predicted molar refractivity (Wildman–Crippen MR) is 88.5 cm³/mol. The van der Waals surface area contributed by atoms with E-state index in [-0.39, 0.29) is 5.78 Å². The minimum atomic E-state index is 0.247. The van der Waals surface area contributed by atoms with Gasteiger partial charge >= 0.3 is 0 Å². The van der Waals surface area contributed by atoms with Gasteiger partial charge in [0.15, 0.2) is 17.3 Å². The molecule has 4 nitrogen and oxygen atoms in total. The number of Topliss-reactive ketones (excluding diaryl/α,β-unsaturated/α-hetero) is 1. The number of likely N-dealkylation sites (tertiary alicyclic amines) is 1. The van der Waals surface area contributed by atoms with Crippen LogP contribution in [0.1, 0.15) is 32.8 Å². The third-order valence-corrected chi connectivity index (χ3v) is 3.76. The second-order valence-electron chi connectivity index (χ2n) is 5.28. The molecule has 0 amide bonds. The molecule has 0 atom stereocenters. The van der Waals surface area contributed by atoms with Gasteiger partial charge in [0.1, 0.15) is 0 Å². The standard InChI is InChI=1S/C18H25NO3/c1-4-19-10-9-16(20)15(13-19)11-14-7-8-17(21-5-2)18(12-14)22-6-3/h7-8,11-12H,4-6,9-10,13H2,1-3H3/b15-11+. The number of likely N-dealkylation sites (N-methyl/N-ethyl adjacent to an activating group) is 1. The van der Waals surface area contributed by atoms with Crippen molar-refractivity contribution in [2.75, 3.05) is 32.8 Å².